The maximum Gasteiger partial charge on any atom is 0.231 e. The van der Waals surface area contributed by atoms with Crippen molar-refractivity contribution in [2.75, 3.05) is 23.3 Å². The molecule has 2 aromatic carbocycles. The molecule has 1 amide bonds. The third-order valence-corrected chi connectivity index (χ3v) is 5.23. The number of aromatic nitrogens is 5. The van der Waals surface area contributed by atoms with Crippen molar-refractivity contribution in [3.8, 4) is 11.5 Å². The van der Waals surface area contributed by atoms with Gasteiger partial charge in [-0.1, -0.05) is 23.4 Å². The summed E-state index contributed by atoms with van der Waals surface area (Å²) in [6.07, 6.45) is 1.51. The standard InChI is InChI=1S/C22H21N7O2/c1-2-29-21-19(26-27-29)20(23-14-24-21)28-12-15(13-28)22(30)25-16-8-10-18(11-9-16)31-17-6-4-3-5-7-17/h3-11,14-15H,2,12-13H2,1H3,(H,25,30). The molecule has 0 atom stereocenters. The van der Waals surface area contributed by atoms with Crippen molar-refractivity contribution < 1.29 is 9.53 Å². The molecule has 2 aromatic heterocycles. The summed E-state index contributed by atoms with van der Waals surface area (Å²) in [5.41, 5.74) is 2.11. The van der Waals surface area contributed by atoms with E-state index in [0.717, 1.165) is 17.3 Å². The quantitative estimate of drug-likeness (QED) is 0.517. The molecular formula is C22H21N7O2. The second-order valence-corrected chi connectivity index (χ2v) is 7.31. The number of carbonyl (C=O) groups excluding carboxylic acids is 1. The van der Waals surface area contributed by atoms with Crippen molar-refractivity contribution in [2.45, 2.75) is 13.5 Å². The number of anilines is 2. The first-order valence-electron chi connectivity index (χ1n) is 10.1. The Labute approximate surface area is 178 Å². The SMILES string of the molecule is CCn1nnc2c(N3CC(C(=O)Nc4ccc(Oc5ccccc5)cc4)C3)ncnc21. The van der Waals surface area contributed by atoms with Gasteiger partial charge >= 0.3 is 0 Å². The minimum atomic E-state index is -0.119. The van der Waals surface area contributed by atoms with Crippen LogP contribution in [0.3, 0.4) is 0 Å². The molecule has 0 spiro atoms. The van der Waals surface area contributed by atoms with E-state index in [9.17, 15) is 4.79 Å². The fraction of sp³-hybridized carbons (Fsp3) is 0.227. The average Bonchev–Trinajstić information content (AvgIpc) is 3.19. The van der Waals surface area contributed by atoms with Crippen LogP contribution < -0.4 is 15.0 Å². The summed E-state index contributed by atoms with van der Waals surface area (Å²) in [5.74, 6) is 2.07. The molecule has 0 radical (unpaired) electrons. The van der Waals surface area contributed by atoms with Crippen LogP contribution >= 0.6 is 0 Å². The van der Waals surface area contributed by atoms with E-state index >= 15 is 0 Å². The lowest BCUT2D eigenvalue weighted by atomic mass is 9.99. The lowest BCUT2D eigenvalue weighted by Crippen LogP contribution is -2.52. The van der Waals surface area contributed by atoms with E-state index in [1.807, 2.05) is 66.4 Å². The van der Waals surface area contributed by atoms with E-state index < -0.39 is 0 Å². The van der Waals surface area contributed by atoms with Gasteiger partial charge in [0, 0.05) is 25.3 Å². The Balaban J connectivity index is 1.19. The highest BCUT2D eigenvalue weighted by molar-refractivity contribution is 5.95. The Morgan fingerprint density at radius 1 is 1.06 bits per heavy atom. The Morgan fingerprint density at radius 2 is 1.81 bits per heavy atom. The first-order chi connectivity index (χ1) is 15.2. The molecule has 1 fully saturated rings. The number of nitrogens with one attached hydrogen (secondary N) is 1. The van der Waals surface area contributed by atoms with Crippen molar-refractivity contribution in [2.24, 2.45) is 5.92 Å². The summed E-state index contributed by atoms with van der Waals surface area (Å²) in [4.78, 5) is 23.3. The molecule has 156 valence electrons. The van der Waals surface area contributed by atoms with Gasteiger partial charge in [-0.05, 0) is 43.3 Å². The van der Waals surface area contributed by atoms with Crippen molar-refractivity contribution in [3.05, 3.63) is 60.9 Å². The van der Waals surface area contributed by atoms with Crippen LogP contribution in [0.4, 0.5) is 11.5 Å². The molecule has 0 saturated carbocycles. The molecule has 5 rings (SSSR count). The maximum atomic E-state index is 12.6. The van der Waals surface area contributed by atoms with E-state index in [0.29, 0.717) is 36.5 Å². The van der Waals surface area contributed by atoms with Crippen LogP contribution in [0.2, 0.25) is 0 Å². The van der Waals surface area contributed by atoms with Crippen LogP contribution in [0.25, 0.3) is 11.2 Å². The molecule has 1 aliphatic rings. The smallest absolute Gasteiger partial charge is 0.231 e. The topological polar surface area (TPSA) is 98.1 Å². The van der Waals surface area contributed by atoms with Crippen molar-refractivity contribution in [3.63, 3.8) is 0 Å². The van der Waals surface area contributed by atoms with Crippen LogP contribution in [-0.4, -0.2) is 44.0 Å². The lowest BCUT2D eigenvalue weighted by molar-refractivity contribution is -0.120. The van der Waals surface area contributed by atoms with Gasteiger partial charge in [-0.2, -0.15) is 0 Å². The van der Waals surface area contributed by atoms with E-state index in [-0.39, 0.29) is 11.8 Å². The number of fused-ring (bicyclic) bond motifs is 1. The van der Waals surface area contributed by atoms with Gasteiger partial charge in [0.05, 0.1) is 5.92 Å². The predicted molar refractivity (Wildman–Crippen MR) is 116 cm³/mol. The molecule has 1 saturated heterocycles. The zero-order valence-corrected chi connectivity index (χ0v) is 17.0. The monoisotopic (exact) mass is 415 g/mol. The van der Waals surface area contributed by atoms with Crippen LogP contribution in [0.5, 0.6) is 11.5 Å². The molecule has 9 nitrogen and oxygen atoms in total. The number of aryl methyl sites for hydroxylation is 1. The first kappa shape index (κ1) is 19.0. The zero-order valence-electron chi connectivity index (χ0n) is 17.0. The van der Waals surface area contributed by atoms with E-state index in [1.54, 1.807) is 4.68 Å². The van der Waals surface area contributed by atoms with Gasteiger partial charge in [0.2, 0.25) is 5.91 Å². The zero-order chi connectivity index (χ0) is 21.2. The fourth-order valence-corrected chi connectivity index (χ4v) is 3.52. The van der Waals surface area contributed by atoms with Gasteiger partial charge in [-0.25, -0.2) is 14.6 Å². The van der Waals surface area contributed by atoms with Crippen LogP contribution in [0.1, 0.15) is 6.92 Å². The highest BCUT2D eigenvalue weighted by Crippen LogP contribution is 2.29. The van der Waals surface area contributed by atoms with E-state index in [4.69, 9.17) is 4.74 Å². The molecular weight excluding hydrogens is 394 g/mol. The fourth-order valence-electron chi connectivity index (χ4n) is 3.52. The molecule has 0 aliphatic carbocycles. The molecule has 3 heterocycles. The third kappa shape index (κ3) is 3.77. The number of amides is 1. The van der Waals surface area contributed by atoms with E-state index in [2.05, 4.69) is 25.6 Å². The molecule has 31 heavy (non-hydrogen) atoms. The van der Waals surface area contributed by atoms with Gasteiger partial charge in [0.1, 0.15) is 17.8 Å². The lowest BCUT2D eigenvalue weighted by Gasteiger charge is -2.38. The summed E-state index contributed by atoms with van der Waals surface area (Å²) in [7, 11) is 0. The number of para-hydroxylation sites is 1. The van der Waals surface area contributed by atoms with E-state index in [1.165, 1.54) is 6.33 Å². The predicted octanol–water partition coefficient (Wildman–Crippen LogP) is 3.11. The Bertz CT molecular complexity index is 1200. The normalized spacial score (nSPS) is 13.8. The van der Waals surface area contributed by atoms with Gasteiger partial charge in [-0.15, -0.1) is 5.10 Å². The number of benzene rings is 2. The van der Waals surface area contributed by atoms with Crippen molar-refractivity contribution in [1.82, 2.24) is 25.0 Å². The number of hydrogen-bond acceptors (Lipinski definition) is 7. The minimum absolute atomic E-state index is 0.0181. The van der Waals surface area contributed by atoms with Crippen LogP contribution in [0.15, 0.2) is 60.9 Å². The third-order valence-electron chi connectivity index (χ3n) is 5.23. The molecule has 1 aliphatic heterocycles. The molecule has 0 unspecified atom stereocenters. The minimum Gasteiger partial charge on any atom is -0.457 e. The summed E-state index contributed by atoms with van der Waals surface area (Å²) in [6, 6.07) is 16.9. The molecule has 1 N–H and O–H groups in total. The van der Waals surface area contributed by atoms with Crippen molar-refractivity contribution >= 4 is 28.6 Å². The molecule has 9 heteroatoms. The largest absolute Gasteiger partial charge is 0.457 e. The van der Waals surface area contributed by atoms with Gasteiger partial charge in [-0.3, -0.25) is 4.79 Å². The number of ether oxygens (including phenoxy) is 1. The number of carbonyl (C=O) groups is 1. The summed E-state index contributed by atoms with van der Waals surface area (Å²) >= 11 is 0. The molecule has 0 bridgehead atoms. The van der Waals surface area contributed by atoms with Crippen molar-refractivity contribution in [1.29, 1.82) is 0 Å². The second kappa shape index (κ2) is 8.02. The Morgan fingerprint density at radius 3 is 2.55 bits per heavy atom. The Kier molecular flexibility index (Phi) is 4.91. The van der Waals surface area contributed by atoms with Gasteiger partial charge in [0.15, 0.2) is 17.0 Å². The second-order valence-electron chi connectivity index (χ2n) is 7.31. The van der Waals surface area contributed by atoms with Gasteiger partial charge in [0.25, 0.3) is 0 Å². The van der Waals surface area contributed by atoms with Crippen LogP contribution in [-0.2, 0) is 11.3 Å². The number of nitrogens with zero attached hydrogens (tertiary/aromatic N) is 6. The van der Waals surface area contributed by atoms with Crippen LogP contribution in [0, 0.1) is 5.92 Å². The summed E-state index contributed by atoms with van der Waals surface area (Å²) < 4.78 is 7.51. The highest BCUT2D eigenvalue weighted by atomic mass is 16.5. The maximum absolute atomic E-state index is 12.6. The highest BCUT2D eigenvalue weighted by Gasteiger charge is 2.35. The molecule has 4 aromatic rings. The first-order valence-corrected chi connectivity index (χ1v) is 10.1. The number of hydrogen-bond donors (Lipinski definition) is 1. The van der Waals surface area contributed by atoms with Gasteiger partial charge < -0.3 is 15.0 Å². The average molecular weight is 415 g/mol. The summed E-state index contributed by atoms with van der Waals surface area (Å²) in [6.45, 7) is 3.83. The Hall–Kier alpha value is -4.01. The number of rotatable bonds is 6. The summed E-state index contributed by atoms with van der Waals surface area (Å²) in [5, 5.41) is 11.3.